The minimum Gasteiger partial charge on any atom is -0.545 e. The largest absolute Gasteiger partial charge is 0.545 e. The van der Waals surface area contributed by atoms with E-state index < -0.39 is 28.2 Å². The maximum atomic E-state index is 13.2. The van der Waals surface area contributed by atoms with E-state index in [-0.39, 0.29) is 52.0 Å². The van der Waals surface area contributed by atoms with Gasteiger partial charge in [-0.2, -0.15) is 0 Å². The molecule has 1 aliphatic rings. The third-order valence-corrected chi connectivity index (χ3v) is 6.56. The van der Waals surface area contributed by atoms with Crippen LogP contribution in [0.25, 0.3) is 0 Å². The fourth-order valence-corrected chi connectivity index (χ4v) is 4.44. The number of carboxylic acid groups (broad SMARTS) is 1. The van der Waals surface area contributed by atoms with Gasteiger partial charge in [0, 0.05) is 17.7 Å². The lowest BCUT2D eigenvalue weighted by atomic mass is 10.1. The number of carboxylic acids is 1. The average molecular weight is 537 g/mol. The molecule has 0 amide bonds. The Kier molecular flexibility index (Phi) is 7.29. The lowest BCUT2D eigenvalue weighted by Crippen LogP contribution is -2.23. The number of fused-ring (bicyclic) bond motifs is 1. The van der Waals surface area contributed by atoms with Crippen molar-refractivity contribution in [3.05, 3.63) is 59.1 Å². The van der Waals surface area contributed by atoms with Gasteiger partial charge in [-0.3, -0.25) is 4.72 Å². The van der Waals surface area contributed by atoms with Crippen molar-refractivity contribution in [3.8, 4) is 34.5 Å². The molecule has 11 nitrogen and oxygen atoms in total. The van der Waals surface area contributed by atoms with Gasteiger partial charge >= 0.3 is 0 Å². The van der Waals surface area contributed by atoms with Crippen molar-refractivity contribution in [2.24, 2.45) is 0 Å². The molecule has 36 heavy (non-hydrogen) atoms. The van der Waals surface area contributed by atoms with Crippen LogP contribution in [0.2, 0.25) is 5.02 Å². The Morgan fingerprint density at radius 3 is 2.61 bits per heavy atom. The zero-order valence-electron chi connectivity index (χ0n) is 18.6. The summed E-state index contributed by atoms with van der Waals surface area (Å²) in [6, 6.07) is 10.6. The van der Waals surface area contributed by atoms with Crippen LogP contribution in [0.15, 0.2) is 53.4 Å². The first kappa shape index (κ1) is 25.2. The number of methoxy groups -OCH3 is 1. The van der Waals surface area contributed by atoms with Crippen LogP contribution in [-0.2, 0) is 10.0 Å². The molecule has 2 N–H and O–H groups in total. The summed E-state index contributed by atoms with van der Waals surface area (Å²) in [5, 5.41) is 21.0. The number of aromatic carboxylic acids is 1. The molecular formula is C23H19ClNO10S-. The first-order valence-electron chi connectivity index (χ1n) is 10.3. The number of sulfonamides is 1. The Morgan fingerprint density at radius 2 is 1.89 bits per heavy atom. The number of hydrogen-bond acceptors (Lipinski definition) is 10. The fraction of sp³-hybridized carbons (Fsp3) is 0.174. The number of carbonyl (C=O) groups is 1. The second-order valence-corrected chi connectivity index (χ2v) is 9.32. The van der Waals surface area contributed by atoms with Crippen molar-refractivity contribution >= 4 is 33.3 Å². The molecule has 0 radical (unpaired) electrons. The number of rotatable bonds is 10. The summed E-state index contributed by atoms with van der Waals surface area (Å²) in [4.78, 5) is 11.5. The molecule has 0 saturated carbocycles. The monoisotopic (exact) mass is 536 g/mol. The number of carbonyl (C=O) groups excluding carboxylic acids is 1. The Hall–Kier alpha value is -3.87. The third kappa shape index (κ3) is 5.35. The number of benzene rings is 3. The predicted molar refractivity (Wildman–Crippen MR) is 125 cm³/mol. The number of anilines is 1. The van der Waals surface area contributed by atoms with Gasteiger partial charge in [0.1, 0.15) is 18.1 Å². The van der Waals surface area contributed by atoms with Crippen LogP contribution in [0.3, 0.4) is 0 Å². The van der Waals surface area contributed by atoms with Crippen molar-refractivity contribution in [1.82, 2.24) is 0 Å². The number of nitrogens with one attached hydrogen (secondary N) is 1. The first-order chi connectivity index (χ1) is 17.2. The molecule has 0 spiro atoms. The standard InChI is InChI=1S/C23H20ClNO10S/c1-31-14-2-4-16(24)19(10-14)35-22-17(8-13(23(27)28)9-21(22)32-7-6-26)25-36(29,30)15-3-5-18-20(11-15)34-12-33-18/h2-5,8-11,25-26H,6-7,12H2,1H3,(H,27,28)/p-1. The zero-order chi connectivity index (χ0) is 25.9. The Morgan fingerprint density at radius 1 is 1.11 bits per heavy atom. The van der Waals surface area contributed by atoms with Gasteiger partial charge in [-0.1, -0.05) is 11.6 Å². The molecular weight excluding hydrogens is 518 g/mol. The summed E-state index contributed by atoms with van der Waals surface area (Å²) in [5.41, 5.74) is -0.698. The summed E-state index contributed by atoms with van der Waals surface area (Å²) < 4.78 is 55.7. The molecule has 3 aromatic carbocycles. The molecule has 0 bridgehead atoms. The van der Waals surface area contributed by atoms with Gasteiger partial charge < -0.3 is 38.7 Å². The smallest absolute Gasteiger partial charge is 0.262 e. The van der Waals surface area contributed by atoms with Gasteiger partial charge in [-0.05, 0) is 36.4 Å². The molecule has 1 aliphatic heterocycles. The van der Waals surface area contributed by atoms with E-state index in [1.165, 1.54) is 37.4 Å². The fourth-order valence-electron chi connectivity index (χ4n) is 3.21. The van der Waals surface area contributed by atoms with Crippen LogP contribution < -0.4 is 33.5 Å². The highest BCUT2D eigenvalue weighted by Crippen LogP contribution is 2.44. The molecule has 0 aromatic heterocycles. The summed E-state index contributed by atoms with van der Waals surface area (Å²) >= 11 is 6.25. The molecule has 0 fully saturated rings. The van der Waals surface area contributed by atoms with Gasteiger partial charge in [-0.25, -0.2) is 8.42 Å². The molecule has 1 heterocycles. The molecule has 3 aromatic rings. The van der Waals surface area contributed by atoms with E-state index in [1.807, 2.05) is 0 Å². The molecule has 0 unspecified atom stereocenters. The SMILES string of the molecule is COc1ccc(Cl)c(Oc2c(NS(=O)(=O)c3ccc4c(c3)OCO4)cc(C(=O)[O-])cc2OCCO)c1. The maximum Gasteiger partial charge on any atom is 0.262 e. The van der Waals surface area contributed by atoms with Crippen LogP contribution in [-0.4, -0.2) is 46.6 Å². The van der Waals surface area contributed by atoms with E-state index in [0.717, 1.165) is 12.1 Å². The maximum absolute atomic E-state index is 13.2. The number of aliphatic hydroxyl groups is 1. The van der Waals surface area contributed by atoms with Gasteiger partial charge in [0.05, 0.1) is 35.3 Å². The van der Waals surface area contributed by atoms with E-state index >= 15 is 0 Å². The van der Waals surface area contributed by atoms with Gasteiger partial charge in [0.25, 0.3) is 10.0 Å². The topological polar surface area (TPSA) is 153 Å². The van der Waals surface area contributed by atoms with Crippen molar-refractivity contribution in [2.75, 3.05) is 31.8 Å². The quantitative estimate of drug-likeness (QED) is 0.395. The van der Waals surface area contributed by atoms with E-state index in [4.69, 9.17) is 35.3 Å². The molecule has 0 atom stereocenters. The van der Waals surface area contributed by atoms with E-state index in [1.54, 1.807) is 6.07 Å². The second-order valence-electron chi connectivity index (χ2n) is 7.23. The van der Waals surface area contributed by atoms with Crippen molar-refractivity contribution in [3.63, 3.8) is 0 Å². The number of aliphatic hydroxyl groups excluding tert-OH is 1. The summed E-state index contributed by atoms with van der Waals surface area (Å²) in [7, 11) is -2.86. The molecule has 4 rings (SSSR count). The highest BCUT2D eigenvalue weighted by molar-refractivity contribution is 7.92. The Balaban J connectivity index is 1.82. The van der Waals surface area contributed by atoms with Crippen LogP contribution >= 0.6 is 11.6 Å². The van der Waals surface area contributed by atoms with E-state index in [0.29, 0.717) is 11.5 Å². The van der Waals surface area contributed by atoms with Crippen LogP contribution in [0, 0.1) is 0 Å². The lowest BCUT2D eigenvalue weighted by molar-refractivity contribution is -0.255. The summed E-state index contributed by atoms with van der Waals surface area (Å²) in [6.45, 7) is -0.703. The van der Waals surface area contributed by atoms with Crippen molar-refractivity contribution < 1.29 is 47.1 Å². The average Bonchev–Trinajstić information content (AvgIpc) is 3.33. The van der Waals surface area contributed by atoms with Crippen LogP contribution in [0.5, 0.6) is 34.5 Å². The van der Waals surface area contributed by atoms with Gasteiger partial charge in [-0.15, -0.1) is 0 Å². The third-order valence-electron chi connectivity index (χ3n) is 4.89. The van der Waals surface area contributed by atoms with E-state index in [9.17, 15) is 23.4 Å². The minimum atomic E-state index is -4.29. The van der Waals surface area contributed by atoms with Crippen LogP contribution in [0.1, 0.15) is 10.4 Å². The van der Waals surface area contributed by atoms with Crippen molar-refractivity contribution in [1.29, 1.82) is 0 Å². The normalized spacial score (nSPS) is 12.2. The summed E-state index contributed by atoms with van der Waals surface area (Å²) in [6.07, 6.45) is 0. The number of ether oxygens (including phenoxy) is 5. The van der Waals surface area contributed by atoms with E-state index in [2.05, 4.69) is 4.72 Å². The molecule has 13 heteroatoms. The molecule has 190 valence electrons. The van der Waals surface area contributed by atoms with Crippen LogP contribution in [0.4, 0.5) is 5.69 Å². The number of hydrogen-bond donors (Lipinski definition) is 2. The summed E-state index contributed by atoms with van der Waals surface area (Å²) in [5.74, 6) is -0.938. The van der Waals surface area contributed by atoms with Gasteiger partial charge in [0.15, 0.2) is 23.0 Å². The minimum absolute atomic E-state index is 0.0508. The van der Waals surface area contributed by atoms with Gasteiger partial charge in [0.2, 0.25) is 6.79 Å². The lowest BCUT2D eigenvalue weighted by Gasteiger charge is -2.20. The molecule has 0 saturated heterocycles. The Labute approximate surface area is 210 Å². The molecule has 0 aliphatic carbocycles. The number of halogens is 1. The highest BCUT2D eigenvalue weighted by Gasteiger charge is 2.25. The zero-order valence-corrected chi connectivity index (χ0v) is 20.2. The van der Waals surface area contributed by atoms with Crippen molar-refractivity contribution in [2.45, 2.75) is 4.90 Å². The predicted octanol–water partition coefficient (Wildman–Crippen LogP) is 2.41. The second kappa shape index (κ2) is 10.4. The first-order valence-corrected chi connectivity index (χ1v) is 12.1. The highest BCUT2D eigenvalue weighted by atomic mass is 35.5. The Bertz CT molecular complexity index is 1410.